The summed E-state index contributed by atoms with van der Waals surface area (Å²) in [7, 11) is 0. The smallest absolute Gasteiger partial charge is 0.142 e. The molecule has 0 aliphatic carbocycles. The molecule has 0 bridgehead atoms. The van der Waals surface area contributed by atoms with Crippen LogP contribution >= 0.6 is 0 Å². The highest BCUT2D eigenvalue weighted by molar-refractivity contribution is 5.33. The van der Waals surface area contributed by atoms with Gasteiger partial charge in [-0.15, -0.1) is 0 Å². The molecule has 2 aliphatic heterocycles. The molecule has 1 atom stereocenters. The van der Waals surface area contributed by atoms with E-state index in [9.17, 15) is 0 Å². The third-order valence-electron chi connectivity index (χ3n) is 3.81. The highest BCUT2D eigenvalue weighted by atomic mass is 16.5. The number of nitrogens with zero attached hydrogens (tertiary/aromatic N) is 3. The first-order valence-electron chi connectivity index (χ1n) is 6.42. The molecule has 4 heteroatoms. The molecule has 0 aromatic carbocycles. The van der Waals surface area contributed by atoms with E-state index in [2.05, 4.69) is 21.7 Å². The van der Waals surface area contributed by atoms with E-state index in [1.807, 2.05) is 18.3 Å². The Morgan fingerprint density at radius 1 is 1.35 bits per heavy atom. The van der Waals surface area contributed by atoms with Crippen LogP contribution in [0.1, 0.15) is 18.7 Å². The molecule has 2 aliphatic rings. The second-order valence-electron chi connectivity index (χ2n) is 4.68. The lowest BCUT2D eigenvalue weighted by Crippen LogP contribution is -2.47. The fraction of sp³-hybridized carbons (Fsp3) is 0.615. The van der Waals surface area contributed by atoms with Gasteiger partial charge in [0, 0.05) is 32.4 Å². The summed E-state index contributed by atoms with van der Waals surface area (Å²) in [6.45, 7) is 8.72. The van der Waals surface area contributed by atoms with Crippen LogP contribution in [0.2, 0.25) is 0 Å². The predicted molar refractivity (Wildman–Crippen MR) is 66.2 cm³/mol. The summed E-state index contributed by atoms with van der Waals surface area (Å²) in [5.41, 5.74) is 1.12. The molecule has 0 N–H and O–H groups in total. The van der Waals surface area contributed by atoms with E-state index in [0.29, 0.717) is 6.04 Å². The fourth-order valence-corrected chi connectivity index (χ4v) is 2.69. The third-order valence-corrected chi connectivity index (χ3v) is 3.81. The maximum absolute atomic E-state index is 5.70. The zero-order valence-electron chi connectivity index (χ0n) is 10.3. The monoisotopic (exact) mass is 233 g/mol. The fourth-order valence-electron chi connectivity index (χ4n) is 2.69. The van der Waals surface area contributed by atoms with Crippen molar-refractivity contribution in [3.8, 4) is 5.75 Å². The molecule has 0 amide bonds. The Balaban J connectivity index is 1.71. The number of fused-ring (bicyclic) bond motifs is 1. The molecule has 0 saturated carbocycles. The molecule has 1 aromatic heterocycles. The molecule has 1 aromatic rings. The molecule has 3 heterocycles. The summed E-state index contributed by atoms with van der Waals surface area (Å²) in [6, 6.07) is 4.33. The van der Waals surface area contributed by atoms with E-state index in [0.717, 1.165) is 50.8 Å². The lowest BCUT2D eigenvalue weighted by atomic mass is 10.1. The predicted octanol–water partition coefficient (Wildman–Crippen LogP) is 1.15. The average molecular weight is 233 g/mol. The normalized spacial score (nSPS) is 25.6. The zero-order chi connectivity index (χ0) is 11.7. The number of aromatic nitrogens is 1. The first kappa shape index (κ1) is 11.0. The van der Waals surface area contributed by atoms with Crippen molar-refractivity contribution in [1.29, 1.82) is 0 Å². The van der Waals surface area contributed by atoms with Crippen molar-refractivity contribution in [3.63, 3.8) is 0 Å². The molecule has 3 rings (SSSR count). The summed E-state index contributed by atoms with van der Waals surface area (Å²) in [5.74, 6) is 0.968. The van der Waals surface area contributed by atoms with Gasteiger partial charge in [-0.3, -0.25) is 9.88 Å². The number of hydrogen-bond donors (Lipinski definition) is 0. The van der Waals surface area contributed by atoms with Gasteiger partial charge in [0.05, 0.1) is 6.04 Å². The topological polar surface area (TPSA) is 28.6 Å². The minimum atomic E-state index is 0.366. The van der Waals surface area contributed by atoms with Crippen LogP contribution in [-0.4, -0.2) is 54.1 Å². The van der Waals surface area contributed by atoms with Crippen molar-refractivity contribution in [1.82, 2.24) is 14.8 Å². The molecule has 92 valence electrons. The van der Waals surface area contributed by atoms with E-state index in [-0.39, 0.29) is 0 Å². The number of pyridine rings is 1. The van der Waals surface area contributed by atoms with Gasteiger partial charge < -0.3 is 9.64 Å². The molecule has 0 radical (unpaired) electrons. The minimum absolute atomic E-state index is 0.366. The molecule has 1 saturated heterocycles. The lowest BCUT2D eigenvalue weighted by molar-refractivity contribution is 0.0865. The van der Waals surface area contributed by atoms with E-state index in [1.54, 1.807) is 0 Å². The average Bonchev–Trinajstić information content (AvgIpc) is 2.83. The van der Waals surface area contributed by atoms with Crippen LogP contribution in [0.4, 0.5) is 0 Å². The Labute approximate surface area is 102 Å². The summed E-state index contributed by atoms with van der Waals surface area (Å²) in [5, 5.41) is 0. The van der Waals surface area contributed by atoms with Gasteiger partial charge >= 0.3 is 0 Å². The largest absolute Gasteiger partial charge is 0.490 e. The van der Waals surface area contributed by atoms with Crippen molar-refractivity contribution >= 4 is 0 Å². The van der Waals surface area contributed by atoms with Crippen molar-refractivity contribution in [2.24, 2.45) is 0 Å². The molecular weight excluding hydrogens is 214 g/mol. The number of ether oxygens (including phenoxy) is 1. The van der Waals surface area contributed by atoms with Crippen LogP contribution in [0.5, 0.6) is 5.75 Å². The van der Waals surface area contributed by atoms with Gasteiger partial charge in [0.25, 0.3) is 0 Å². The van der Waals surface area contributed by atoms with Crippen molar-refractivity contribution in [3.05, 3.63) is 24.0 Å². The second-order valence-corrected chi connectivity index (χ2v) is 4.68. The number of hydrogen-bond acceptors (Lipinski definition) is 4. The van der Waals surface area contributed by atoms with E-state index in [1.165, 1.54) is 0 Å². The Morgan fingerprint density at radius 3 is 2.94 bits per heavy atom. The summed E-state index contributed by atoms with van der Waals surface area (Å²) >= 11 is 0. The van der Waals surface area contributed by atoms with Crippen LogP contribution in [0.3, 0.4) is 0 Å². The van der Waals surface area contributed by atoms with Gasteiger partial charge in [-0.05, 0) is 18.7 Å². The standard InChI is InChI=1S/C13H19N3O/c1-2-15-6-8-16(9-7-15)11-10-17-12-4-3-5-14-13(11)12/h3-5,11H,2,6-10H2,1H3. The zero-order valence-corrected chi connectivity index (χ0v) is 10.3. The summed E-state index contributed by atoms with van der Waals surface area (Å²) in [4.78, 5) is 9.47. The Bertz CT molecular complexity index is 388. The van der Waals surface area contributed by atoms with Gasteiger partial charge in [-0.25, -0.2) is 0 Å². The van der Waals surface area contributed by atoms with E-state index in [4.69, 9.17) is 4.74 Å². The molecule has 17 heavy (non-hydrogen) atoms. The number of rotatable bonds is 2. The van der Waals surface area contributed by atoms with Gasteiger partial charge in [0.15, 0.2) is 0 Å². The molecule has 4 nitrogen and oxygen atoms in total. The van der Waals surface area contributed by atoms with Crippen LogP contribution in [0.25, 0.3) is 0 Å². The molecule has 1 fully saturated rings. The van der Waals surface area contributed by atoms with Crippen LogP contribution in [-0.2, 0) is 0 Å². The quantitative estimate of drug-likeness (QED) is 0.766. The number of piperazine rings is 1. The third kappa shape index (κ3) is 2.03. The van der Waals surface area contributed by atoms with E-state index >= 15 is 0 Å². The first-order chi connectivity index (χ1) is 8.38. The van der Waals surface area contributed by atoms with Gasteiger partial charge in [-0.1, -0.05) is 6.92 Å². The van der Waals surface area contributed by atoms with E-state index < -0.39 is 0 Å². The van der Waals surface area contributed by atoms with Crippen molar-refractivity contribution in [2.45, 2.75) is 13.0 Å². The Morgan fingerprint density at radius 2 is 2.18 bits per heavy atom. The molecular formula is C13H19N3O. The Kier molecular flexibility index (Phi) is 2.99. The highest BCUT2D eigenvalue weighted by Crippen LogP contribution is 2.34. The highest BCUT2D eigenvalue weighted by Gasteiger charge is 2.32. The number of likely N-dealkylation sites (N-methyl/N-ethyl adjacent to an activating group) is 1. The van der Waals surface area contributed by atoms with Gasteiger partial charge in [0.1, 0.15) is 18.1 Å². The Hall–Kier alpha value is -1.13. The summed E-state index contributed by atoms with van der Waals surface area (Å²) in [6.07, 6.45) is 1.86. The molecule has 0 spiro atoms. The van der Waals surface area contributed by atoms with Crippen LogP contribution < -0.4 is 4.74 Å². The SMILES string of the molecule is CCN1CCN(C2COc3cccnc32)CC1. The van der Waals surface area contributed by atoms with Gasteiger partial charge in [-0.2, -0.15) is 0 Å². The van der Waals surface area contributed by atoms with Gasteiger partial charge in [0.2, 0.25) is 0 Å². The van der Waals surface area contributed by atoms with Crippen LogP contribution in [0.15, 0.2) is 18.3 Å². The first-order valence-corrected chi connectivity index (χ1v) is 6.42. The second kappa shape index (κ2) is 4.63. The maximum atomic E-state index is 5.70. The van der Waals surface area contributed by atoms with Crippen LogP contribution in [0, 0.1) is 0 Å². The minimum Gasteiger partial charge on any atom is -0.490 e. The summed E-state index contributed by atoms with van der Waals surface area (Å²) < 4.78 is 5.70. The van der Waals surface area contributed by atoms with Crippen molar-refractivity contribution < 1.29 is 4.74 Å². The maximum Gasteiger partial charge on any atom is 0.142 e. The lowest BCUT2D eigenvalue weighted by Gasteiger charge is -2.36. The molecule has 1 unspecified atom stereocenters. The van der Waals surface area contributed by atoms with Crippen molar-refractivity contribution in [2.75, 3.05) is 39.3 Å².